The minimum Gasteiger partial charge on any atom is -0.309 e. The summed E-state index contributed by atoms with van der Waals surface area (Å²) in [7, 11) is 0. The Balaban J connectivity index is 1.07. The molecule has 8 heterocycles. The van der Waals surface area contributed by atoms with E-state index in [2.05, 4.69) is 181 Å². The quantitative estimate of drug-likeness (QED) is 0.139. The minimum absolute atomic E-state index is 0.300. The van der Waals surface area contributed by atoms with Gasteiger partial charge < -0.3 is 9.80 Å². The van der Waals surface area contributed by atoms with E-state index in [1.807, 2.05) is 85.2 Å². The van der Waals surface area contributed by atoms with Crippen LogP contribution in [0.4, 0.5) is 34.1 Å². The second-order valence-corrected chi connectivity index (χ2v) is 21.3. The van der Waals surface area contributed by atoms with Gasteiger partial charge in [-0.1, -0.05) is 137 Å². The molecule has 0 aliphatic carbocycles. The summed E-state index contributed by atoms with van der Waals surface area (Å²) < 4.78 is 0. The van der Waals surface area contributed by atoms with E-state index in [1.54, 1.807) is 24.8 Å². The van der Waals surface area contributed by atoms with E-state index in [1.165, 1.54) is 22.3 Å². The molecule has 6 aromatic heterocycles. The summed E-state index contributed by atoms with van der Waals surface area (Å²) in [4.78, 5) is 44.2. The van der Waals surface area contributed by atoms with Crippen molar-refractivity contribution in [3.63, 3.8) is 0 Å². The first kappa shape index (κ1) is 48.1. The SMILES string of the molecule is CC1(C)c2ccccc2N(c2cc(-c3cc(-c4ccccn4)nc(-c4cccnc4)n3)ccc2-c2ccc(-c3cc(-c4ccccn4)nc(-c4cccnc4)n3)cc2N2c3ccccc3C(C)(C)c3ccccc32)c2ccccc21. The third-order valence-electron chi connectivity index (χ3n) is 15.8. The van der Waals surface area contributed by atoms with Crippen LogP contribution in [0.25, 0.3) is 79.2 Å². The summed E-state index contributed by atoms with van der Waals surface area (Å²) in [5.41, 5.74) is 20.5. The van der Waals surface area contributed by atoms with E-state index in [0.29, 0.717) is 23.0 Å². The molecule has 382 valence electrons. The first-order valence-corrected chi connectivity index (χ1v) is 26.9. The number of para-hydroxylation sites is 4. The Morgan fingerprint density at radius 2 is 0.650 bits per heavy atom. The number of hydrogen-bond donors (Lipinski definition) is 0. The van der Waals surface area contributed by atoms with E-state index in [-0.39, 0.29) is 10.8 Å². The van der Waals surface area contributed by atoms with Crippen LogP contribution in [0.2, 0.25) is 0 Å². The molecule has 0 radical (unpaired) electrons. The van der Waals surface area contributed by atoms with Crippen molar-refractivity contribution in [3.05, 3.63) is 266 Å². The van der Waals surface area contributed by atoms with E-state index in [9.17, 15) is 0 Å². The van der Waals surface area contributed by atoms with Gasteiger partial charge in [0.1, 0.15) is 0 Å². The first-order chi connectivity index (χ1) is 39.2. The van der Waals surface area contributed by atoms with Crippen LogP contribution in [-0.2, 0) is 10.8 Å². The number of fused-ring (bicyclic) bond motifs is 4. The lowest BCUT2D eigenvalue weighted by Crippen LogP contribution is -2.31. The van der Waals surface area contributed by atoms with Crippen molar-refractivity contribution in [2.75, 3.05) is 9.80 Å². The van der Waals surface area contributed by atoms with Crippen molar-refractivity contribution in [1.29, 1.82) is 0 Å². The zero-order valence-corrected chi connectivity index (χ0v) is 44.6. The molecule has 0 N–H and O–H groups in total. The third kappa shape index (κ3) is 8.19. The smallest absolute Gasteiger partial charge is 0.162 e. The van der Waals surface area contributed by atoms with Crippen LogP contribution >= 0.6 is 0 Å². The Morgan fingerprint density at radius 1 is 0.287 bits per heavy atom. The highest BCUT2D eigenvalue weighted by atomic mass is 15.2. The Morgan fingerprint density at radius 3 is 1.00 bits per heavy atom. The highest BCUT2D eigenvalue weighted by Crippen LogP contribution is 2.57. The molecule has 10 heteroatoms. The fourth-order valence-electron chi connectivity index (χ4n) is 11.8. The van der Waals surface area contributed by atoms with E-state index >= 15 is 0 Å². The van der Waals surface area contributed by atoms with Gasteiger partial charge in [0.15, 0.2) is 11.6 Å². The Kier molecular flexibility index (Phi) is 11.6. The number of aromatic nitrogens is 8. The standard InChI is InChI=1S/C70H52N10/c1-69(2)51-21-5-9-27-61(51)79(62-28-10-6-22-52(62)69)65-39-45(57-41-59(55-25-13-15-37-73-55)77-67(75-57)47-19-17-35-71-43-47)31-33-49(65)50-34-32-46(58-42-60(56-26-14-16-38-74-56)78-68(76-58)48-20-18-36-72-44-48)40-66(50)80-63-29-11-7-23-53(63)70(3,4)54-24-8-12-30-64(54)80/h5-44H,1-4H3. The molecular weight excluding hydrogens is 981 g/mol. The number of nitrogens with zero attached hydrogens (tertiary/aromatic N) is 10. The maximum atomic E-state index is 5.33. The maximum Gasteiger partial charge on any atom is 0.162 e. The zero-order chi connectivity index (χ0) is 54.0. The van der Waals surface area contributed by atoms with Crippen molar-refractivity contribution in [2.24, 2.45) is 0 Å². The van der Waals surface area contributed by atoms with Crippen molar-refractivity contribution in [1.82, 2.24) is 39.9 Å². The topological polar surface area (TPSA) is 110 Å². The van der Waals surface area contributed by atoms with E-state index in [4.69, 9.17) is 29.9 Å². The van der Waals surface area contributed by atoms with Gasteiger partial charge in [0, 0.05) is 81.4 Å². The second-order valence-electron chi connectivity index (χ2n) is 21.3. The summed E-state index contributed by atoms with van der Waals surface area (Å²) >= 11 is 0. The lowest BCUT2D eigenvalue weighted by Gasteiger charge is -2.44. The fraction of sp³-hybridized carbons (Fsp3) is 0.0857. The van der Waals surface area contributed by atoms with E-state index < -0.39 is 0 Å². The molecule has 0 unspecified atom stereocenters. The largest absolute Gasteiger partial charge is 0.309 e. The van der Waals surface area contributed by atoms with Gasteiger partial charge in [-0.15, -0.1) is 0 Å². The minimum atomic E-state index is -0.300. The second kappa shape index (κ2) is 19.3. The molecule has 0 spiro atoms. The number of pyridine rings is 4. The molecule has 0 fully saturated rings. The van der Waals surface area contributed by atoms with Crippen LogP contribution in [0.1, 0.15) is 49.9 Å². The van der Waals surface area contributed by atoms with Gasteiger partial charge in [0.05, 0.1) is 68.3 Å². The van der Waals surface area contributed by atoms with Gasteiger partial charge >= 0.3 is 0 Å². The molecular formula is C70H52N10. The molecule has 0 saturated heterocycles. The van der Waals surface area contributed by atoms with Crippen LogP contribution in [0.15, 0.2) is 243 Å². The molecule has 80 heavy (non-hydrogen) atoms. The van der Waals surface area contributed by atoms with Crippen LogP contribution in [0.3, 0.4) is 0 Å². The van der Waals surface area contributed by atoms with Crippen LogP contribution in [-0.4, -0.2) is 39.9 Å². The number of rotatable bonds is 9. The summed E-state index contributed by atoms with van der Waals surface area (Å²) in [5.74, 6) is 1.12. The predicted molar refractivity (Wildman–Crippen MR) is 320 cm³/mol. The average Bonchev–Trinajstić information content (AvgIpc) is 3.10. The molecule has 6 aromatic carbocycles. The summed E-state index contributed by atoms with van der Waals surface area (Å²) in [6.45, 7) is 9.31. The normalized spacial score (nSPS) is 13.7. The number of hydrogen-bond acceptors (Lipinski definition) is 10. The van der Waals surface area contributed by atoms with Gasteiger partial charge in [0.25, 0.3) is 0 Å². The molecule has 0 bridgehead atoms. The number of anilines is 6. The summed E-state index contributed by atoms with van der Waals surface area (Å²) in [6.07, 6.45) is 10.7. The van der Waals surface area contributed by atoms with E-state index in [0.717, 1.165) is 90.3 Å². The zero-order valence-electron chi connectivity index (χ0n) is 44.6. The van der Waals surface area contributed by atoms with Crippen molar-refractivity contribution in [2.45, 2.75) is 38.5 Å². The molecule has 12 aromatic rings. The molecule has 2 aliphatic rings. The Hall–Kier alpha value is -10.3. The monoisotopic (exact) mass is 1030 g/mol. The molecule has 0 atom stereocenters. The van der Waals surface area contributed by atoms with Crippen molar-refractivity contribution < 1.29 is 0 Å². The van der Waals surface area contributed by atoms with Gasteiger partial charge in [0.2, 0.25) is 0 Å². The van der Waals surface area contributed by atoms with Gasteiger partial charge in [-0.3, -0.25) is 19.9 Å². The van der Waals surface area contributed by atoms with Crippen LogP contribution in [0.5, 0.6) is 0 Å². The third-order valence-corrected chi connectivity index (χ3v) is 15.8. The van der Waals surface area contributed by atoms with Crippen molar-refractivity contribution >= 4 is 34.1 Å². The van der Waals surface area contributed by atoms with Gasteiger partial charge in [-0.05, 0) is 119 Å². The molecule has 14 rings (SSSR count). The summed E-state index contributed by atoms with van der Waals surface area (Å²) in [6, 6.07) is 72.6. The molecule has 0 saturated carbocycles. The first-order valence-electron chi connectivity index (χ1n) is 26.9. The van der Waals surface area contributed by atoms with Crippen LogP contribution < -0.4 is 9.80 Å². The lowest BCUT2D eigenvalue weighted by molar-refractivity contribution is 0.631. The highest BCUT2D eigenvalue weighted by Gasteiger charge is 2.40. The molecule has 10 nitrogen and oxygen atoms in total. The summed E-state index contributed by atoms with van der Waals surface area (Å²) in [5, 5.41) is 0. The molecule has 2 aliphatic heterocycles. The molecule has 0 amide bonds. The van der Waals surface area contributed by atoms with Crippen molar-refractivity contribution in [3.8, 4) is 79.2 Å². The lowest BCUT2D eigenvalue weighted by atomic mass is 9.73. The van der Waals surface area contributed by atoms with Gasteiger partial charge in [-0.2, -0.15) is 0 Å². The van der Waals surface area contributed by atoms with Crippen LogP contribution in [0, 0.1) is 0 Å². The maximum absolute atomic E-state index is 5.33. The predicted octanol–water partition coefficient (Wildman–Crippen LogP) is 16.7. The highest BCUT2D eigenvalue weighted by molar-refractivity contribution is 6.01. The fourth-order valence-corrected chi connectivity index (χ4v) is 11.8. The van der Waals surface area contributed by atoms with Gasteiger partial charge in [-0.25, -0.2) is 19.9 Å². The Labute approximate surface area is 465 Å². The average molecular weight is 1030 g/mol. The number of benzene rings is 6. The Bertz CT molecular complexity index is 3820.